The summed E-state index contributed by atoms with van der Waals surface area (Å²) >= 11 is 1.58. The molecule has 3 rings (SSSR count). The Morgan fingerprint density at radius 3 is 2.38 bits per heavy atom. The number of hydrogen-bond donors (Lipinski definition) is 3. The molecule has 0 aliphatic rings. The van der Waals surface area contributed by atoms with E-state index in [0.29, 0.717) is 18.5 Å². The van der Waals surface area contributed by atoms with E-state index in [4.69, 9.17) is 0 Å². The molecule has 10 heteroatoms. The summed E-state index contributed by atoms with van der Waals surface area (Å²) in [5.41, 5.74) is 7.01. The van der Waals surface area contributed by atoms with E-state index in [9.17, 15) is 13.2 Å². The first-order valence-corrected chi connectivity index (χ1v) is 11.2. The molecule has 3 aromatic rings. The number of hydrogen-bond acceptors (Lipinski definition) is 7. The highest BCUT2D eigenvalue weighted by Gasteiger charge is 2.15. The molecule has 0 spiro atoms. The number of nitrogens with zero attached hydrogens (tertiary/aromatic N) is 2. The predicted molar refractivity (Wildman–Crippen MR) is 112 cm³/mol. The molecule has 0 aliphatic carbocycles. The van der Waals surface area contributed by atoms with Gasteiger partial charge in [-0.2, -0.15) is 0 Å². The number of nitrogens with one attached hydrogen (secondary N) is 3. The SMILES string of the molecule is Cc1cc(C)nc(NNC(=O)c2ccc(S(=O)(=O)NCCc3cccs3)cc2)n1. The second-order valence-electron chi connectivity index (χ2n) is 6.30. The third-order valence-electron chi connectivity index (χ3n) is 3.94. The molecule has 8 nitrogen and oxygen atoms in total. The Bertz CT molecular complexity index is 1060. The zero-order valence-electron chi connectivity index (χ0n) is 16.0. The van der Waals surface area contributed by atoms with Crippen molar-refractivity contribution < 1.29 is 13.2 Å². The Balaban J connectivity index is 1.57. The number of thiophene rings is 1. The van der Waals surface area contributed by atoms with Gasteiger partial charge in [0.25, 0.3) is 5.91 Å². The van der Waals surface area contributed by atoms with Crippen LogP contribution in [0.4, 0.5) is 5.95 Å². The Kier molecular flexibility index (Phi) is 6.57. The molecule has 0 unspecified atom stereocenters. The van der Waals surface area contributed by atoms with Gasteiger partial charge in [0.15, 0.2) is 0 Å². The lowest BCUT2D eigenvalue weighted by atomic mass is 10.2. The van der Waals surface area contributed by atoms with Gasteiger partial charge in [0.1, 0.15) is 0 Å². The molecule has 0 atom stereocenters. The van der Waals surface area contributed by atoms with Crippen LogP contribution in [0.2, 0.25) is 0 Å². The number of anilines is 1. The minimum atomic E-state index is -3.63. The van der Waals surface area contributed by atoms with Crippen LogP contribution in [0, 0.1) is 13.8 Å². The van der Waals surface area contributed by atoms with Gasteiger partial charge in [0.05, 0.1) is 4.90 Å². The van der Waals surface area contributed by atoms with Crippen molar-refractivity contribution in [3.05, 3.63) is 69.7 Å². The second-order valence-corrected chi connectivity index (χ2v) is 9.10. The quantitative estimate of drug-likeness (QED) is 0.472. The van der Waals surface area contributed by atoms with E-state index in [1.54, 1.807) is 11.3 Å². The average Bonchev–Trinajstić information content (AvgIpc) is 3.19. The smallest absolute Gasteiger partial charge is 0.267 e. The minimum Gasteiger partial charge on any atom is -0.267 e. The number of aromatic nitrogens is 2. The molecule has 2 aromatic heterocycles. The van der Waals surface area contributed by atoms with Crippen LogP contribution in [0.15, 0.2) is 52.7 Å². The van der Waals surface area contributed by atoms with Gasteiger partial charge in [0.2, 0.25) is 16.0 Å². The van der Waals surface area contributed by atoms with Gasteiger partial charge in [-0.1, -0.05) is 6.07 Å². The number of sulfonamides is 1. The predicted octanol–water partition coefficient (Wildman–Crippen LogP) is 2.43. The number of hydrazine groups is 1. The van der Waals surface area contributed by atoms with Gasteiger partial charge in [-0.25, -0.2) is 23.1 Å². The molecule has 152 valence electrons. The molecule has 0 saturated carbocycles. The molecule has 29 heavy (non-hydrogen) atoms. The highest BCUT2D eigenvalue weighted by Crippen LogP contribution is 2.12. The molecule has 0 radical (unpaired) electrons. The molecule has 1 aromatic carbocycles. The third-order valence-corrected chi connectivity index (χ3v) is 6.35. The molecule has 0 bridgehead atoms. The molecular weight excluding hydrogens is 410 g/mol. The van der Waals surface area contributed by atoms with Gasteiger partial charge >= 0.3 is 0 Å². The summed E-state index contributed by atoms with van der Waals surface area (Å²) in [6.07, 6.45) is 0.629. The van der Waals surface area contributed by atoms with Crippen molar-refractivity contribution in [1.29, 1.82) is 0 Å². The fourth-order valence-electron chi connectivity index (χ4n) is 2.60. The van der Waals surface area contributed by atoms with Crippen molar-refractivity contribution in [3.63, 3.8) is 0 Å². The summed E-state index contributed by atoms with van der Waals surface area (Å²) in [4.78, 5) is 21.8. The van der Waals surface area contributed by atoms with Crippen molar-refractivity contribution in [2.75, 3.05) is 12.0 Å². The summed E-state index contributed by atoms with van der Waals surface area (Å²) in [5.74, 6) is -0.146. The van der Waals surface area contributed by atoms with E-state index in [2.05, 4.69) is 25.5 Å². The van der Waals surface area contributed by atoms with Gasteiger partial charge in [0, 0.05) is 28.4 Å². The molecule has 0 aliphatic heterocycles. The Hall–Kier alpha value is -2.82. The zero-order chi connectivity index (χ0) is 20.9. The number of carbonyl (C=O) groups excluding carboxylic acids is 1. The van der Waals surface area contributed by atoms with Gasteiger partial charge in [-0.05, 0) is 62.0 Å². The summed E-state index contributed by atoms with van der Waals surface area (Å²) in [5, 5.41) is 1.95. The van der Waals surface area contributed by atoms with E-state index < -0.39 is 15.9 Å². The fourth-order valence-corrected chi connectivity index (χ4v) is 4.34. The first-order valence-electron chi connectivity index (χ1n) is 8.84. The van der Waals surface area contributed by atoms with E-state index in [-0.39, 0.29) is 10.8 Å². The normalized spacial score (nSPS) is 11.2. The lowest BCUT2D eigenvalue weighted by Gasteiger charge is -2.09. The van der Waals surface area contributed by atoms with E-state index >= 15 is 0 Å². The zero-order valence-corrected chi connectivity index (χ0v) is 17.6. The van der Waals surface area contributed by atoms with Crippen LogP contribution in [0.25, 0.3) is 0 Å². The molecule has 0 fully saturated rings. The van der Waals surface area contributed by atoms with Crippen LogP contribution < -0.4 is 15.6 Å². The van der Waals surface area contributed by atoms with E-state index in [1.807, 2.05) is 37.4 Å². The third kappa shape index (κ3) is 5.83. The summed E-state index contributed by atoms with van der Waals surface area (Å²) < 4.78 is 27.3. The van der Waals surface area contributed by atoms with Crippen molar-refractivity contribution in [2.45, 2.75) is 25.2 Å². The van der Waals surface area contributed by atoms with E-state index in [0.717, 1.165) is 16.3 Å². The van der Waals surface area contributed by atoms with Crippen LogP contribution in [0.5, 0.6) is 0 Å². The van der Waals surface area contributed by atoms with Gasteiger partial charge in [-0.15, -0.1) is 11.3 Å². The Morgan fingerprint density at radius 1 is 1.07 bits per heavy atom. The minimum absolute atomic E-state index is 0.103. The largest absolute Gasteiger partial charge is 0.269 e. The van der Waals surface area contributed by atoms with Crippen molar-refractivity contribution in [1.82, 2.24) is 20.1 Å². The maximum atomic E-state index is 12.4. The topological polar surface area (TPSA) is 113 Å². The lowest BCUT2D eigenvalue weighted by Crippen LogP contribution is -2.30. The fraction of sp³-hybridized carbons (Fsp3) is 0.211. The molecule has 0 saturated heterocycles. The van der Waals surface area contributed by atoms with Gasteiger partial charge in [-0.3, -0.25) is 15.6 Å². The average molecular weight is 432 g/mol. The number of aryl methyl sites for hydroxylation is 2. The van der Waals surface area contributed by atoms with Crippen LogP contribution in [-0.2, 0) is 16.4 Å². The number of amides is 1. The van der Waals surface area contributed by atoms with Crippen molar-refractivity contribution in [2.24, 2.45) is 0 Å². The Labute approximate surface area is 173 Å². The van der Waals surface area contributed by atoms with E-state index in [1.165, 1.54) is 24.3 Å². The molecule has 2 heterocycles. The highest BCUT2D eigenvalue weighted by atomic mass is 32.2. The maximum absolute atomic E-state index is 12.4. The first-order chi connectivity index (χ1) is 13.8. The monoisotopic (exact) mass is 431 g/mol. The lowest BCUT2D eigenvalue weighted by molar-refractivity contribution is 0.0962. The summed E-state index contributed by atoms with van der Waals surface area (Å²) in [6.45, 7) is 3.97. The molecule has 1 amide bonds. The number of benzene rings is 1. The van der Waals surface area contributed by atoms with Gasteiger partial charge < -0.3 is 0 Å². The summed E-state index contributed by atoms with van der Waals surface area (Å²) in [6, 6.07) is 11.4. The molecule has 3 N–H and O–H groups in total. The van der Waals surface area contributed by atoms with Crippen LogP contribution in [0.3, 0.4) is 0 Å². The van der Waals surface area contributed by atoms with Crippen LogP contribution >= 0.6 is 11.3 Å². The number of carbonyl (C=O) groups is 1. The van der Waals surface area contributed by atoms with Crippen molar-refractivity contribution in [3.8, 4) is 0 Å². The standard InChI is InChI=1S/C19H21N5O3S2/c1-13-12-14(2)22-19(21-13)24-23-18(25)15-5-7-17(8-6-15)29(26,27)20-10-9-16-4-3-11-28-16/h3-8,11-12,20H,9-10H2,1-2H3,(H,23,25)(H,21,22,24). The number of rotatable bonds is 8. The Morgan fingerprint density at radius 2 is 1.76 bits per heavy atom. The first kappa shape index (κ1) is 20.9. The maximum Gasteiger partial charge on any atom is 0.269 e. The van der Waals surface area contributed by atoms with Crippen LogP contribution in [-0.4, -0.2) is 30.8 Å². The molecular formula is C19H21N5O3S2. The second kappa shape index (κ2) is 9.12. The van der Waals surface area contributed by atoms with Crippen LogP contribution in [0.1, 0.15) is 26.6 Å². The van der Waals surface area contributed by atoms with Crippen molar-refractivity contribution >= 4 is 33.2 Å². The summed E-state index contributed by atoms with van der Waals surface area (Å²) in [7, 11) is -3.63. The highest BCUT2D eigenvalue weighted by molar-refractivity contribution is 7.89.